The van der Waals surface area contributed by atoms with E-state index >= 15 is 0 Å². The zero-order valence-corrected chi connectivity index (χ0v) is 7.54. The molecule has 1 N–H and O–H groups in total. The van der Waals surface area contributed by atoms with Gasteiger partial charge in [0.2, 0.25) is 0 Å². The summed E-state index contributed by atoms with van der Waals surface area (Å²) in [6.07, 6.45) is 1.68. The molecule has 0 aromatic rings. The molecule has 1 atom stereocenters. The highest BCUT2D eigenvalue weighted by Crippen LogP contribution is 2.35. The maximum Gasteiger partial charge on any atom is 0.321 e. The van der Waals surface area contributed by atoms with Gasteiger partial charge in [0.15, 0.2) is 0 Å². The van der Waals surface area contributed by atoms with E-state index in [4.69, 9.17) is 5.11 Å². The van der Waals surface area contributed by atoms with Crippen molar-refractivity contribution in [2.24, 2.45) is 0 Å². The van der Waals surface area contributed by atoms with E-state index in [1.54, 1.807) is 11.5 Å². The molecule has 0 radical (unpaired) electrons. The van der Waals surface area contributed by atoms with Crippen molar-refractivity contribution < 1.29 is 9.90 Å². The van der Waals surface area contributed by atoms with Crippen LogP contribution in [0.2, 0.25) is 0 Å². The summed E-state index contributed by atoms with van der Waals surface area (Å²) in [5.74, 6) is -0.753. The van der Waals surface area contributed by atoms with E-state index in [2.05, 4.69) is 0 Å². The van der Waals surface area contributed by atoms with E-state index in [0.29, 0.717) is 0 Å². The van der Waals surface area contributed by atoms with Crippen molar-refractivity contribution >= 4 is 27.6 Å². The number of hydrogen-bond donors (Lipinski definition) is 1. The second-order valence-corrected chi connectivity index (χ2v) is 3.60. The van der Waals surface area contributed by atoms with Gasteiger partial charge < -0.3 is 5.11 Å². The third-order valence-electron chi connectivity index (χ3n) is 0.712. The molecule has 0 fully saturated rings. The predicted molar refractivity (Wildman–Crippen MR) is 47.1 cm³/mol. The van der Waals surface area contributed by atoms with Crippen molar-refractivity contribution in [1.82, 2.24) is 0 Å². The van der Waals surface area contributed by atoms with Crippen LogP contribution in [0.15, 0.2) is 11.5 Å². The number of carbonyl (C=O) groups is 1. The van der Waals surface area contributed by atoms with Crippen molar-refractivity contribution in [1.29, 1.82) is 0 Å². The molecule has 0 amide bonds. The summed E-state index contributed by atoms with van der Waals surface area (Å²) >= 11 is 0. The fraction of sp³-hybridized carbons (Fsp3) is 0.500. The highest BCUT2D eigenvalue weighted by atomic mass is 33.1. The second kappa shape index (κ2) is 5.68. The molecular weight excluding hydrogens is 168 g/mol. The lowest BCUT2D eigenvalue weighted by molar-refractivity contribution is -0.135. The second-order valence-electron chi connectivity index (χ2n) is 1.28. The average Bonchev–Trinajstić information content (AvgIpc) is 2.42. The van der Waals surface area contributed by atoms with E-state index in [1.165, 1.54) is 21.6 Å². The lowest BCUT2D eigenvalue weighted by atomic mass is 10.4. The Hall–Kier alpha value is -0.0900. The maximum absolute atomic E-state index is 10.1. The molecular formula is C6H10O2S2. The summed E-state index contributed by atoms with van der Waals surface area (Å²) in [6.45, 7) is 4.00. The third kappa shape index (κ3) is 3.17. The van der Waals surface area contributed by atoms with E-state index in [9.17, 15) is 4.79 Å². The van der Waals surface area contributed by atoms with Gasteiger partial charge in [-0.1, -0.05) is 41.5 Å². The molecule has 0 saturated heterocycles. The summed E-state index contributed by atoms with van der Waals surface area (Å²) < 4.78 is 0. The van der Waals surface area contributed by atoms with E-state index in [-0.39, 0.29) is 5.25 Å². The molecule has 0 bridgehead atoms. The molecule has 1 unspecified atom stereocenters. The smallest absolute Gasteiger partial charge is 0.321 e. The monoisotopic (exact) mass is 178 g/mol. The molecule has 58 valence electrons. The van der Waals surface area contributed by atoms with Crippen LogP contribution < -0.4 is 0 Å². The highest BCUT2D eigenvalue weighted by molar-refractivity contribution is 8.78. The third-order valence-corrected chi connectivity index (χ3v) is 2.95. The molecule has 0 aromatic heterocycles. The normalized spacial score (nSPS) is 21.6. The summed E-state index contributed by atoms with van der Waals surface area (Å²) in [5.41, 5.74) is 0. The van der Waals surface area contributed by atoms with Gasteiger partial charge in [0.25, 0.3) is 0 Å². The number of aliphatic carboxylic acids is 1. The Labute approximate surface area is 68.5 Å². The molecule has 2 nitrogen and oxygen atoms in total. The molecule has 0 aliphatic carbocycles. The van der Waals surface area contributed by atoms with Gasteiger partial charge in [0.1, 0.15) is 5.25 Å². The van der Waals surface area contributed by atoms with Gasteiger partial charge in [0.05, 0.1) is 0 Å². The first-order valence-corrected chi connectivity index (χ1v) is 5.30. The quantitative estimate of drug-likeness (QED) is 0.625. The first kappa shape index (κ1) is 9.91. The fourth-order valence-corrected chi connectivity index (χ4v) is 2.26. The summed E-state index contributed by atoms with van der Waals surface area (Å²) in [4.78, 5) is 10.1. The van der Waals surface area contributed by atoms with Crippen molar-refractivity contribution in [3.05, 3.63) is 11.5 Å². The average molecular weight is 178 g/mol. The minimum Gasteiger partial charge on any atom is -0.480 e. The minimum atomic E-state index is -0.753. The molecule has 1 aliphatic rings. The Morgan fingerprint density at radius 1 is 1.60 bits per heavy atom. The number of hydrogen-bond acceptors (Lipinski definition) is 3. The minimum absolute atomic E-state index is 0.319. The van der Waals surface area contributed by atoms with Gasteiger partial charge >= 0.3 is 5.97 Å². The van der Waals surface area contributed by atoms with Crippen molar-refractivity contribution in [2.45, 2.75) is 19.1 Å². The number of carboxylic acid groups (broad SMARTS) is 1. The Bertz CT molecular complexity index is 134. The van der Waals surface area contributed by atoms with Crippen LogP contribution in [0.4, 0.5) is 0 Å². The van der Waals surface area contributed by atoms with Crippen LogP contribution >= 0.6 is 21.6 Å². The van der Waals surface area contributed by atoms with Crippen LogP contribution in [0.1, 0.15) is 13.8 Å². The largest absolute Gasteiger partial charge is 0.480 e. The Morgan fingerprint density at radius 3 is 2.40 bits per heavy atom. The Balaban J connectivity index is 0.000000371. The van der Waals surface area contributed by atoms with Gasteiger partial charge in [-0.05, 0) is 5.41 Å². The van der Waals surface area contributed by atoms with Crippen LogP contribution in [0.5, 0.6) is 0 Å². The van der Waals surface area contributed by atoms with E-state index in [0.717, 1.165) is 0 Å². The van der Waals surface area contributed by atoms with Gasteiger partial charge in [-0.2, -0.15) is 0 Å². The van der Waals surface area contributed by atoms with E-state index < -0.39 is 5.97 Å². The van der Waals surface area contributed by atoms with Gasteiger partial charge in [-0.15, -0.1) is 0 Å². The standard InChI is InChI=1S/C4H4O2S2.C2H6/c5-4(6)3-1-2-7-8-3;1-2/h1-3H,(H,5,6);1-2H3. The van der Waals surface area contributed by atoms with Crippen LogP contribution in [-0.4, -0.2) is 16.3 Å². The zero-order chi connectivity index (χ0) is 7.98. The number of carboxylic acids is 1. The summed E-state index contributed by atoms with van der Waals surface area (Å²) in [5, 5.41) is 9.80. The highest BCUT2D eigenvalue weighted by Gasteiger charge is 2.17. The Morgan fingerprint density at radius 2 is 2.20 bits per heavy atom. The molecule has 0 aromatic carbocycles. The van der Waals surface area contributed by atoms with E-state index in [1.807, 2.05) is 13.8 Å². The van der Waals surface area contributed by atoms with Crippen LogP contribution in [0, 0.1) is 0 Å². The SMILES string of the molecule is CC.O=C(O)C1C=CSS1. The molecule has 4 heteroatoms. The van der Waals surface area contributed by atoms with Gasteiger partial charge in [-0.3, -0.25) is 4.79 Å². The summed E-state index contributed by atoms with van der Waals surface area (Å²) in [7, 11) is 2.82. The Kier molecular flexibility index (Phi) is 5.63. The molecule has 1 heterocycles. The molecule has 0 spiro atoms. The predicted octanol–water partition coefficient (Wildman–Crippen LogP) is 2.37. The maximum atomic E-state index is 10.1. The molecule has 10 heavy (non-hydrogen) atoms. The van der Waals surface area contributed by atoms with Gasteiger partial charge in [-0.25, -0.2) is 0 Å². The van der Waals surface area contributed by atoms with Crippen molar-refractivity contribution in [2.75, 3.05) is 0 Å². The molecule has 0 saturated carbocycles. The molecule has 1 aliphatic heterocycles. The zero-order valence-electron chi connectivity index (χ0n) is 5.90. The topological polar surface area (TPSA) is 37.3 Å². The van der Waals surface area contributed by atoms with Crippen LogP contribution in [-0.2, 0) is 4.79 Å². The number of rotatable bonds is 1. The van der Waals surface area contributed by atoms with Crippen LogP contribution in [0.25, 0.3) is 0 Å². The fourth-order valence-electron chi connectivity index (χ4n) is 0.351. The lowest BCUT2D eigenvalue weighted by Gasteiger charge is -1.94. The first-order chi connectivity index (χ1) is 4.80. The summed E-state index contributed by atoms with van der Waals surface area (Å²) in [6, 6.07) is 0. The molecule has 1 rings (SSSR count). The lowest BCUT2D eigenvalue weighted by Crippen LogP contribution is -2.09. The van der Waals surface area contributed by atoms with Crippen LogP contribution in [0.3, 0.4) is 0 Å². The van der Waals surface area contributed by atoms with Gasteiger partial charge in [0, 0.05) is 0 Å². The van der Waals surface area contributed by atoms with Crippen molar-refractivity contribution in [3.8, 4) is 0 Å². The first-order valence-electron chi connectivity index (χ1n) is 3.02. The van der Waals surface area contributed by atoms with Crippen molar-refractivity contribution in [3.63, 3.8) is 0 Å².